The zero-order valence-corrected chi connectivity index (χ0v) is 54.0. The van der Waals surface area contributed by atoms with Crippen molar-refractivity contribution >= 4 is 98.1 Å². The molecule has 5 nitrogen and oxygen atoms in total. The molecular formula is C78H85BrN4O. The highest BCUT2D eigenvalue weighted by atomic mass is 79.9. The zero-order chi connectivity index (χ0) is 59.8. The number of rotatable bonds is 0. The summed E-state index contributed by atoms with van der Waals surface area (Å²) >= 11 is 3.74. The maximum absolute atomic E-state index is 12.5. The van der Waals surface area contributed by atoms with E-state index in [2.05, 4.69) is 292 Å². The lowest BCUT2D eigenvalue weighted by atomic mass is 9.83. The van der Waals surface area contributed by atoms with E-state index in [1.165, 1.54) is 111 Å². The molecule has 84 heavy (non-hydrogen) atoms. The molecular weight excluding hydrogens is 1090 g/mol. The fourth-order valence-corrected chi connectivity index (χ4v) is 14.0. The van der Waals surface area contributed by atoms with Gasteiger partial charge in [0.25, 0.3) is 5.91 Å². The number of para-hydroxylation sites is 2. The van der Waals surface area contributed by atoms with E-state index in [1.54, 1.807) is 0 Å². The van der Waals surface area contributed by atoms with Crippen LogP contribution in [0.4, 0.5) is 11.4 Å². The van der Waals surface area contributed by atoms with Crippen LogP contribution in [0.3, 0.4) is 0 Å². The van der Waals surface area contributed by atoms with Crippen molar-refractivity contribution in [3.05, 3.63) is 225 Å². The van der Waals surface area contributed by atoms with Gasteiger partial charge >= 0.3 is 0 Å². The van der Waals surface area contributed by atoms with Crippen LogP contribution in [0.1, 0.15) is 148 Å². The zero-order valence-electron chi connectivity index (χ0n) is 52.4. The summed E-state index contributed by atoms with van der Waals surface area (Å²) in [5, 5.41) is 13.5. The van der Waals surface area contributed by atoms with Crippen LogP contribution in [-0.4, -0.2) is 32.0 Å². The number of anilines is 2. The standard InChI is InChI=1S/C16H17Br.C16H19N.C16H17N.C15H15NO.C15H17N/c1-16(2,3)12-8-6-10-4-5-11-7-9-13(17)15(12)14(10)11;1-16(2,3)17-10-13-8-4-6-12-7-5-9-14(11-17)15(12)13;1-16(2,3)17-14-10-6-4-8-12(14)13-9-5-7-11-15(13)17;1-15(2,3)16-12-9-5-7-10-6-4-8-11(13(10)12)14(16)17;1-15(2,3)16-10-12-8-4-6-11-7-5-9-13(16)14(11)12/h6-9H,4-5H2,1-3H3;4-9H,10-11H2,1-3H3;4-11H,1-3H3;4-9H,1-3H3;4-9H,10H2,1-3H3. The third-order valence-corrected chi connectivity index (χ3v) is 18.0. The van der Waals surface area contributed by atoms with Crippen molar-refractivity contribution in [2.75, 3.05) is 9.80 Å². The Morgan fingerprint density at radius 3 is 1.33 bits per heavy atom. The normalized spacial score (nSPS) is 14.6. The van der Waals surface area contributed by atoms with Gasteiger partial charge in [-0.3, -0.25) is 9.69 Å². The minimum Gasteiger partial charge on any atom is -0.362 e. The number of nitrogens with zero attached hydrogens (tertiary/aromatic N) is 4. The van der Waals surface area contributed by atoms with E-state index in [-0.39, 0.29) is 33.5 Å². The summed E-state index contributed by atoms with van der Waals surface area (Å²) in [6.07, 6.45) is 2.40. The summed E-state index contributed by atoms with van der Waals surface area (Å²) in [6.45, 7) is 36.7. The second-order valence-electron chi connectivity index (χ2n) is 28.5. The lowest BCUT2D eigenvalue weighted by molar-refractivity contribution is 0.0973. The Morgan fingerprint density at radius 1 is 0.369 bits per heavy atom. The number of aryl methyl sites for hydroxylation is 2. The van der Waals surface area contributed by atoms with Gasteiger partial charge in [0, 0.05) is 95.5 Å². The number of fused-ring (bicyclic) bond motifs is 3. The lowest BCUT2D eigenvalue weighted by Crippen LogP contribution is -2.43. The van der Waals surface area contributed by atoms with Crippen LogP contribution in [0, 0.1) is 0 Å². The molecule has 3 aliphatic heterocycles. The van der Waals surface area contributed by atoms with Crippen LogP contribution in [0.5, 0.6) is 0 Å². The summed E-state index contributed by atoms with van der Waals surface area (Å²) in [6, 6.07) is 65.0. The van der Waals surface area contributed by atoms with Crippen molar-refractivity contribution < 1.29 is 4.79 Å². The maximum Gasteiger partial charge on any atom is 0.259 e. The predicted octanol–water partition coefficient (Wildman–Crippen LogP) is 21.1. The molecule has 1 aliphatic carbocycles. The number of hydrogen-bond donors (Lipinski definition) is 0. The molecule has 4 aliphatic rings. The first-order valence-corrected chi connectivity index (χ1v) is 31.1. The van der Waals surface area contributed by atoms with Gasteiger partial charge in [-0.05, 0) is 198 Å². The van der Waals surface area contributed by atoms with Crippen LogP contribution in [0.15, 0.2) is 186 Å². The van der Waals surface area contributed by atoms with E-state index in [0.29, 0.717) is 0 Å². The van der Waals surface area contributed by atoms with Crippen LogP contribution in [0.25, 0.3) is 64.9 Å². The molecule has 6 heteroatoms. The molecule has 10 aromatic carbocycles. The minimum absolute atomic E-state index is 0.0999. The molecule has 0 atom stereocenters. The van der Waals surface area contributed by atoms with Crippen LogP contribution < -0.4 is 9.80 Å². The first-order valence-electron chi connectivity index (χ1n) is 30.3. The predicted molar refractivity (Wildman–Crippen MR) is 366 cm³/mol. The number of benzene rings is 10. The largest absolute Gasteiger partial charge is 0.362 e. The molecule has 430 valence electrons. The Balaban J connectivity index is 0.000000110. The highest BCUT2D eigenvalue weighted by Gasteiger charge is 2.37. The molecule has 0 saturated carbocycles. The van der Waals surface area contributed by atoms with Crippen molar-refractivity contribution in [2.24, 2.45) is 0 Å². The molecule has 1 amide bonds. The second kappa shape index (κ2) is 22.0. The molecule has 0 radical (unpaired) electrons. The highest BCUT2D eigenvalue weighted by Crippen LogP contribution is 2.44. The Labute approximate surface area is 508 Å². The second-order valence-corrected chi connectivity index (χ2v) is 29.4. The van der Waals surface area contributed by atoms with Crippen molar-refractivity contribution in [3.8, 4) is 0 Å². The Bertz CT molecular complexity index is 4200. The van der Waals surface area contributed by atoms with Crippen LogP contribution in [0.2, 0.25) is 0 Å². The smallest absolute Gasteiger partial charge is 0.259 e. The first kappa shape index (κ1) is 58.5. The molecule has 15 rings (SSSR count). The van der Waals surface area contributed by atoms with Gasteiger partial charge < -0.3 is 14.4 Å². The van der Waals surface area contributed by atoms with E-state index in [4.69, 9.17) is 0 Å². The molecule has 0 fully saturated rings. The monoisotopic (exact) mass is 1170 g/mol. The van der Waals surface area contributed by atoms with Crippen molar-refractivity contribution in [2.45, 2.75) is 164 Å². The first-order chi connectivity index (χ1) is 39.7. The van der Waals surface area contributed by atoms with E-state index >= 15 is 0 Å². The Kier molecular flexibility index (Phi) is 15.3. The van der Waals surface area contributed by atoms with Gasteiger partial charge in [0.2, 0.25) is 0 Å². The lowest BCUT2D eigenvalue weighted by Gasteiger charge is -2.39. The maximum atomic E-state index is 12.5. The number of aromatic nitrogens is 1. The average molecular weight is 1170 g/mol. The quantitative estimate of drug-likeness (QED) is 0.152. The molecule has 0 bridgehead atoms. The number of carbonyl (C=O) groups excluding carboxylic acids is 1. The molecule has 0 saturated heterocycles. The van der Waals surface area contributed by atoms with E-state index in [9.17, 15) is 4.79 Å². The van der Waals surface area contributed by atoms with Gasteiger partial charge in [-0.1, -0.05) is 182 Å². The third kappa shape index (κ3) is 11.1. The fourth-order valence-electron chi connectivity index (χ4n) is 13.5. The van der Waals surface area contributed by atoms with Gasteiger partial charge in [0.15, 0.2) is 0 Å². The van der Waals surface area contributed by atoms with Crippen molar-refractivity contribution in [1.82, 2.24) is 9.47 Å². The minimum atomic E-state index is -0.190. The van der Waals surface area contributed by atoms with Crippen LogP contribution in [-0.2, 0) is 43.4 Å². The van der Waals surface area contributed by atoms with Gasteiger partial charge in [-0.15, -0.1) is 0 Å². The average Bonchev–Trinajstić information content (AvgIpc) is 1.76. The van der Waals surface area contributed by atoms with Crippen molar-refractivity contribution in [1.29, 1.82) is 0 Å². The number of amides is 1. The Morgan fingerprint density at radius 2 is 0.833 bits per heavy atom. The van der Waals surface area contributed by atoms with Gasteiger partial charge in [-0.25, -0.2) is 0 Å². The fraction of sp³-hybridized carbons (Fsp3) is 0.321. The summed E-state index contributed by atoms with van der Waals surface area (Å²) in [5.41, 5.74) is 15.3. The van der Waals surface area contributed by atoms with Crippen LogP contribution >= 0.6 is 15.9 Å². The summed E-state index contributed by atoms with van der Waals surface area (Å²) < 4.78 is 3.67. The number of hydrogen-bond acceptors (Lipinski definition) is 3. The van der Waals surface area contributed by atoms with E-state index in [0.717, 1.165) is 41.7 Å². The summed E-state index contributed by atoms with van der Waals surface area (Å²) in [7, 11) is 0. The number of halogens is 1. The summed E-state index contributed by atoms with van der Waals surface area (Å²) in [4.78, 5) is 19.4. The third-order valence-electron chi connectivity index (χ3n) is 17.4. The number of carbonyl (C=O) groups is 1. The molecule has 0 spiro atoms. The van der Waals surface area contributed by atoms with Gasteiger partial charge in [0.05, 0.1) is 5.69 Å². The summed E-state index contributed by atoms with van der Waals surface area (Å²) in [5.74, 6) is 0.115. The van der Waals surface area contributed by atoms with E-state index < -0.39 is 0 Å². The SMILES string of the molecule is CC(C)(C)N1C(=O)c2cccc3cccc1c23.CC(C)(C)N1Cc2cccc3cccc(c23)C1.CC(C)(C)N1Cc2cccc3cccc1c23.CC(C)(C)c1ccc2c3c(ccc(Br)c13)CC2.CC(C)(C)n1c2ccccc2c2ccccc21. The molecule has 11 aromatic rings. The topological polar surface area (TPSA) is 31.7 Å². The Hall–Kier alpha value is -7.25. The van der Waals surface area contributed by atoms with Crippen molar-refractivity contribution in [3.63, 3.8) is 0 Å². The van der Waals surface area contributed by atoms with E-state index in [1.807, 2.05) is 29.2 Å². The van der Waals surface area contributed by atoms with Gasteiger partial charge in [-0.2, -0.15) is 0 Å². The highest BCUT2D eigenvalue weighted by molar-refractivity contribution is 9.10. The molecule has 0 unspecified atom stereocenters. The van der Waals surface area contributed by atoms with Gasteiger partial charge in [0.1, 0.15) is 0 Å². The molecule has 0 N–H and O–H groups in total. The molecule has 4 heterocycles. The molecule has 1 aromatic heterocycles.